The molecule has 0 aromatic carbocycles. The minimum absolute atomic E-state index is 0.318. The van der Waals surface area contributed by atoms with E-state index in [1.165, 1.54) is 7.11 Å². The first-order chi connectivity index (χ1) is 5.76. The molecule has 62 valence electrons. The smallest absolute Gasteiger partial charge is 0.214 e. The molecule has 0 atom stereocenters. The van der Waals surface area contributed by atoms with Crippen LogP contribution in [-0.2, 0) is 6.42 Å². The lowest BCUT2D eigenvalue weighted by Crippen LogP contribution is -1.90. The Morgan fingerprint density at radius 2 is 2.42 bits per heavy atom. The van der Waals surface area contributed by atoms with Gasteiger partial charge in [-0.1, -0.05) is 11.6 Å². The van der Waals surface area contributed by atoms with E-state index in [2.05, 4.69) is 4.98 Å². The molecular weight excluding hydrogens is 176 g/mol. The lowest BCUT2D eigenvalue weighted by Gasteiger charge is -2.00. The Labute approximate surface area is 75.6 Å². The zero-order valence-corrected chi connectivity index (χ0v) is 7.30. The molecule has 0 N–H and O–H groups in total. The van der Waals surface area contributed by atoms with Crippen LogP contribution in [0.1, 0.15) is 5.56 Å². The highest BCUT2D eigenvalue weighted by Crippen LogP contribution is 2.15. The van der Waals surface area contributed by atoms with Crippen LogP contribution in [-0.4, -0.2) is 12.1 Å². The van der Waals surface area contributed by atoms with Crippen LogP contribution < -0.4 is 4.74 Å². The molecule has 12 heavy (non-hydrogen) atoms. The second-order valence-corrected chi connectivity index (χ2v) is 2.56. The molecule has 0 amide bonds. The number of nitrogens with zero attached hydrogens (tertiary/aromatic N) is 2. The zero-order valence-electron chi connectivity index (χ0n) is 6.54. The molecule has 1 aromatic heterocycles. The fraction of sp³-hybridized carbons (Fsp3) is 0.250. The second-order valence-electron chi connectivity index (χ2n) is 2.18. The van der Waals surface area contributed by atoms with Gasteiger partial charge in [-0.15, -0.1) is 0 Å². The zero-order chi connectivity index (χ0) is 8.97. The molecule has 0 fully saturated rings. The maximum Gasteiger partial charge on any atom is 0.214 e. The van der Waals surface area contributed by atoms with Gasteiger partial charge >= 0.3 is 0 Å². The van der Waals surface area contributed by atoms with Crippen molar-refractivity contribution in [1.82, 2.24) is 4.98 Å². The van der Waals surface area contributed by atoms with Gasteiger partial charge in [-0.2, -0.15) is 5.26 Å². The van der Waals surface area contributed by atoms with Crippen molar-refractivity contribution in [2.45, 2.75) is 6.42 Å². The first-order valence-electron chi connectivity index (χ1n) is 3.33. The standard InChI is InChI=1S/C8H7ClN2O/c1-12-8-5-6(2-3-10)4-7(9)11-8/h4-5H,2H2,1H3. The van der Waals surface area contributed by atoms with E-state index in [0.717, 1.165) is 5.56 Å². The fourth-order valence-electron chi connectivity index (χ4n) is 0.821. The lowest BCUT2D eigenvalue weighted by atomic mass is 10.2. The van der Waals surface area contributed by atoms with Gasteiger partial charge in [0.25, 0.3) is 0 Å². The summed E-state index contributed by atoms with van der Waals surface area (Å²) >= 11 is 5.66. The summed E-state index contributed by atoms with van der Waals surface area (Å²) in [4.78, 5) is 3.87. The molecule has 4 heteroatoms. The maximum absolute atomic E-state index is 8.42. The molecule has 0 spiro atoms. The number of rotatable bonds is 2. The molecule has 1 rings (SSSR count). The number of ether oxygens (including phenoxy) is 1. The van der Waals surface area contributed by atoms with Gasteiger partial charge in [-0.05, 0) is 11.6 Å². The molecule has 0 bridgehead atoms. The third-order valence-corrected chi connectivity index (χ3v) is 1.52. The first-order valence-corrected chi connectivity index (χ1v) is 3.71. The number of nitriles is 1. The minimum atomic E-state index is 0.318. The summed E-state index contributed by atoms with van der Waals surface area (Å²) in [6, 6.07) is 5.36. The molecular formula is C8H7ClN2O. The number of halogens is 1. The third-order valence-electron chi connectivity index (χ3n) is 1.32. The third kappa shape index (κ3) is 2.11. The second kappa shape index (κ2) is 3.93. The summed E-state index contributed by atoms with van der Waals surface area (Å²) < 4.78 is 4.88. The van der Waals surface area contributed by atoms with E-state index in [0.29, 0.717) is 17.5 Å². The van der Waals surface area contributed by atoms with Gasteiger partial charge in [-0.25, -0.2) is 4.98 Å². The highest BCUT2D eigenvalue weighted by Gasteiger charge is 1.99. The van der Waals surface area contributed by atoms with Crippen LogP contribution >= 0.6 is 11.6 Å². The monoisotopic (exact) mass is 182 g/mol. The Kier molecular flexibility index (Phi) is 2.89. The van der Waals surface area contributed by atoms with Gasteiger partial charge in [0, 0.05) is 6.07 Å². The van der Waals surface area contributed by atoms with Crippen LogP contribution in [0.2, 0.25) is 5.15 Å². The van der Waals surface area contributed by atoms with Crippen molar-refractivity contribution in [3.05, 3.63) is 22.8 Å². The van der Waals surface area contributed by atoms with Crippen LogP contribution in [0.5, 0.6) is 5.88 Å². The summed E-state index contributed by atoms with van der Waals surface area (Å²) in [5.41, 5.74) is 0.814. The lowest BCUT2D eigenvalue weighted by molar-refractivity contribution is 0.397. The molecule has 0 unspecified atom stereocenters. The topological polar surface area (TPSA) is 45.9 Å². The van der Waals surface area contributed by atoms with E-state index in [9.17, 15) is 0 Å². The summed E-state index contributed by atoms with van der Waals surface area (Å²) in [6.07, 6.45) is 0.318. The van der Waals surface area contributed by atoms with E-state index >= 15 is 0 Å². The van der Waals surface area contributed by atoms with Crippen LogP contribution in [0.15, 0.2) is 12.1 Å². The number of hydrogen-bond donors (Lipinski definition) is 0. The Morgan fingerprint density at radius 3 is 3.00 bits per heavy atom. The summed E-state index contributed by atoms with van der Waals surface area (Å²) in [6.45, 7) is 0. The molecule has 0 aliphatic rings. The molecule has 1 aromatic rings. The van der Waals surface area contributed by atoms with E-state index in [1.54, 1.807) is 12.1 Å². The van der Waals surface area contributed by atoms with Crippen molar-refractivity contribution in [3.63, 3.8) is 0 Å². The largest absolute Gasteiger partial charge is 0.481 e. The van der Waals surface area contributed by atoms with E-state index in [-0.39, 0.29) is 0 Å². The molecule has 1 heterocycles. The van der Waals surface area contributed by atoms with Crippen molar-refractivity contribution >= 4 is 11.6 Å². The van der Waals surface area contributed by atoms with Crippen molar-refractivity contribution in [3.8, 4) is 11.9 Å². The van der Waals surface area contributed by atoms with Crippen LogP contribution in [0.3, 0.4) is 0 Å². The SMILES string of the molecule is COc1cc(CC#N)cc(Cl)n1. The molecule has 0 aliphatic carbocycles. The number of pyridine rings is 1. The summed E-state index contributed by atoms with van der Waals surface area (Å²) in [5, 5.41) is 8.77. The number of hydrogen-bond acceptors (Lipinski definition) is 3. The summed E-state index contributed by atoms with van der Waals surface area (Å²) in [7, 11) is 1.51. The quantitative estimate of drug-likeness (QED) is 0.656. The maximum atomic E-state index is 8.42. The van der Waals surface area contributed by atoms with Crippen LogP contribution in [0.4, 0.5) is 0 Å². The van der Waals surface area contributed by atoms with Crippen LogP contribution in [0.25, 0.3) is 0 Å². The predicted octanol–water partition coefficient (Wildman–Crippen LogP) is 1.81. The van der Waals surface area contributed by atoms with E-state index in [4.69, 9.17) is 21.6 Å². The highest BCUT2D eigenvalue weighted by atomic mass is 35.5. The first kappa shape index (κ1) is 8.82. The van der Waals surface area contributed by atoms with Crippen molar-refractivity contribution < 1.29 is 4.74 Å². The molecule has 0 aliphatic heterocycles. The fourth-order valence-corrected chi connectivity index (χ4v) is 1.04. The van der Waals surface area contributed by atoms with Gasteiger partial charge in [-0.3, -0.25) is 0 Å². The Bertz CT molecular complexity index is 319. The average Bonchev–Trinajstić information content (AvgIpc) is 2.04. The van der Waals surface area contributed by atoms with E-state index in [1.807, 2.05) is 6.07 Å². The molecule has 3 nitrogen and oxygen atoms in total. The molecule has 0 saturated carbocycles. The normalized spacial score (nSPS) is 9.08. The van der Waals surface area contributed by atoms with Crippen LogP contribution in [0, 0.1) is 11.3 Å². The van der Waals surface area contributed by atoms with Gasteiger partial charge in [0.05, 0.1) is 19.6 Å². The van der Waals surface area contributed by atoms with Gasteiger partial charge < -0.3 is 4.74 Å². The molecule has 0 radical (unpaired) electrons. The molecule has 0 saturated heterocycles. The summed E-state index contributed by atoms with van der Waals surface area (Å²) in [5.74, 6) is 0.438. The Morgan fingerprint density at radius 1 is 1.67 bits per heavy atom. The number of aromatic nitrogens is 1. The van der Waals surface area contributed by atoms with Gasteiger partial charge in [0.2, 0.25) is 5.88 Å². The van der Waals surface area contributed by atoms with Crippen molar-refractivity contribution in [1.29, 1.82) is 5.26 Å². The number of methoxy groups -OCH3 is 1. The van der Waals surface area contributed by atoms with Gasteiger partial charge in [0.1, 0.15) is 5.15 Å². The Balaban J connectivity index is 2.99. The highest BCUT2D eigenvalue weighted by molar-refractivity contribution is 6.29. The van der Waals surface area contributed by atoms with E-state index < -0.39 is 0 Å². The van der Waals surface area contributed by atoms with Crippen molar-refractivity contribution in [2.24, 2.45) is 0 Å². The van der Waals surface area contributed by atoms with Crippen molar-refractivity contribution in [2.75, 3.05) is 7.11 Å². The Hall–Kier alpha value is -1.27. The van der Waals surface area contributed by atoms with Gasteiger partial charge in [0.15, 0.2) is 0 Å². The average molecular weight is 183 g/mol. The predicted molar refractivity (Wildman–Crippen MR) is 45.1 cm³/mol. The minimum Gasteiger partial charge on any atom is -0.481 e.